The fourth-order valence-electron chi connectivity index (χ4n) is 1.37. The Hall–Kier alpha value is -1.17. The van der Waals surface area contributed by atoms with E-state index in [4.69, 9.17) is 5.11 Å². The van der Waals surface area contributed by atoms with Crippen molar-refractivity contribution in [2.75, 3.05) is 6.61 Å². The Kier molecular flexibility index (Phi) is 4.86. The summed E-state index contributed by atoms with van der Waals surface area (Å²) in [7, 11) is -3.57. The quantitative estimate of drug-likeness (QED) is 0.751. The van der Waals surface area contributed by atoms with Gasteiger partial charge in [0.1, 0.15) is 0 Å². The summed E-state index contributed by atoms with van der Waals surface area (Å²) in [6.45, 7) is 5.15. The minimum atomic E-state index is -3.57. The number of hydrogen-bond acceptors (Lipinski definition) is 3. The van der Waals surface area contributed by atoms with Crippen molar-refractivity contribution in [3.63, 3.8) is 0 Å². The van der Waals surface area contributed by atoms with E-state index in [1.807, 2.05) is 6.92 Å². The third kappa shape index (κ3) is 3.96. The molecule has 0 fully saturated rings. The number of aliphatic hydroxyl groups is 1. The van der Waals surface area contributed by atoms with Gasteiger partial charge in [0.05, 0.1) is 11.5 Å². The SMILES string of the molecule is C=CC[C@@H](CO)NS(=O)(=O)c1ccc(C)cc1. The van der Waals surface area contributed by atoms with Crippen molar-refractivity contribution >= 4 is 10.0 Å². The van der Waals surface area contributed by atoms with E-state index in [1.165, 1.54) is 0 Å². The van der Waals surface area contributed by atoms with E-state index in [-0.39, 0.29) is 11.5 Å². The summed E-state index contributed by atoms with van der Waals surface area (Å²) in [5, 5.41) is 9.04. The van der Waals surface area contributed by atoms with Gasteiger partial charge in [0.25, 0.3) is 0 Å². The fourth-order valence-corrected chi connectivity index (χ4v) is 2.61. The first kappa shape index (κ1) is 13.9. The van der Waals surface area contributed by atoms with Crippen LogP contribution in [0.4, 0.5) is 0 Å². The second-order valence-electron chi connectivity index (χ2n) is 3.84. The lowest BCUT2D eigenvalue weighted by molar-refractivity contribution is 0.257. The summed E-state index contributed by atoms with van der Waals surface area (Å²) in [5.74, 6) is 0. The Balaban J connectivity index is 2.87. The molecule has 1 aromatic rings. The monoisotopic (exact) mass is 255 g/mol. The summed E-state index contributed by atoms with van der Waals surface area (Å²) < 4.78 is 26.3. The van der Waals surface area contributed by atoms with Crippen LogP contribution in [0.2, 0.25) is 0 Å². The molecule has 1 aromatic carbocycles. The lowest BCUT2D eigenvalue weighted by Gasteiger charge is -2.14. The van der Waals surface area contributed by atoms with Crippen LogP contribution in [0.3, 0.4) is 0 Å². The Morgan fingerprint density at radius 1 is 1.41 bits per heavy atom. The highest BCUT2D eigenvalue weighted by Gasteiger charge is 2.18. The van der Waals surface area contributed by atoms with E-state index in [2.05, 4.69) is 11.3 Å². The first-order chi connectivity index (χ1) is 7.99. The Labute approximate surface area is 102 Å². The van der Waals surface area contributed by atoms with Crippen LogP contribution in [0.1, 0.15) is 12.0 Å². The van der Waals surface area contributed by atoms with Gasteiger partial charge < -0.3 is 5.11 Å². The molecule has 5 heteroatoms. The molecule has 0 aliphatic heterocycles. The van der Waals surface area contributed by atoms with Crippen molar-refractivity contribution in [1.29, 1.82) is 0 Å². The predicted molar refractivity (Wildman–Crippen MR) is 67.2 cm³/mol. The zero-order valence-corrected chi connectivity index (χ0v) is 10.6. The molecule has 0 spiro atoms. The lowest BCUT2D eigenvalue weighted by atomic mass is 10.2. The molecule has 0 bridgehead atoms. The van der Waals surface area contributed by atoms with Gasteiger partial charge in [0.15, 0.2) is 0 Å². The molecule has 4 nitrogen and oxygen atoms in total. The maximum Gasteiger partial charge on any atom is 0.240 e. The van der Waals surface area contributed by atoms with Gasteiger partial charge in [-0.05, 0) is 25.5 Å². The van der Waals surface area contributed by atoms with Crippen LogP contribution >= 0.6 is 0 Å². The van der Waals surface area contributed by atoms with Gasteiger partial charge in [0.2, 0.25) is 10.0 Å². The molecule has 0 radical (unpaired) electrons. The Bertz CT molecular complexity index is 465. The van der Waals surface area contributed by atoms with Gasteiger partial charge in [0, 0.05) is 6.04 Å². The molecule has 1 atom stereocenters. The van der Waals surface area contributed by atoms with E-state index in [1.54, 1.807) is 30.3 Å². The average molecular weight is 255 g/mol. The zero-order valence-electron chi connectivity index (χ0n) is 9.76. The summed E-state index contributed by atoms with van der Waals surface area (Å²) in [6, 6.07) is 6.02. The Morgan fingerprint density at radius 3 is 2.47 bits per heavy atom. The molecular formula is C12H17NO3S. The first-order valence-corrected chi connectivity index (χ1v) is 6.78. The van der Waals surface area contributed by atoms with E-state index in [9.17, 15) is 8.42 Å². The highest BCUT2D eigenvalue weighted by molar-refractivity contribution is 7.89. The van der Waals surface area contributed by atoms with Crippen LogP contribution in [0.5, 0.6) is 0 Å². The van der Waals surface area contributed by atoms with E-state index < -0.39 is 16.1 Å². The molecular weight excluding hydrogens is 238 g/mol. The molecule has 0 aliphatic carbocycles. The molecule has 1 rings (SSSR count). The largest absolute Gasteiger partial charge is 0.395 e. The fraction of sp³-hybridized carbons (Fsp3) is 0.333. The standard InChI is InChI=1S/C12H17NO3S/c1-3-4-11(9-14)13-17(15,16)12-7-5-10(2)6-8-12/h3,5-8,11,13-14H,1,4,9H2,2H3/t11-/m0/s1. The highest BCUT2D eigenvalue weighted by atomic mass is 32.2. The van der Waals surface area contributed by atoms with Crippen LogP contribution in [-0.2, 0) is 10.0 Å². The predicted octanol–water partition coefficient (Wildman–Crippen LogP) is 1.21. The number of hydrogen-bond donors (Lipinski definition) is 2. The van der Waals surface area contributed by atoms with Crippen molar-refractivity contribution in [3.05, 3.63) is 42.5 Å². The van der Waals surface area contributed by atoms with Gasteiger partial charge in [-0.3, -0.25) is 0 Å². The van der Waals surface area contributed by atoms with Crippen molar-refractivity contribution in [3.8, 4) is 0 Å². The molecule has 0 saturated carbocycles. The molecule has 0 aliphatic rings. The zero-order chi connectivity index (χ0) is 12.9. The molecule has 2 N–H and O–H groups in total. The molecule has 0 saturated heterocycles. The maximum atomic E-state index is 11.9. The van der Waals surface area contributed by atoms with Crippen molar-refractivity contribution in [1.82, 2.24) is 4.72 Å². The summed E-state index contributed by atoms with van der Waals surface area (Å²) in [4.78, 5) is 0.200. The van der Waals surface area contributed by atoms with Crippen LogP contribution in [0.25, 0.3) is 0 Å². The molecule has 17 heavy (non-hydrogen) atoms. The third-order valence-electron chi connectivity index (χ3n) is 2.32. The van der Waals surface area contributed by atoms with E-state index in [0.717, 1.165) is 5.56 Å². The number of aryl methyl sites for hydroxylation is 1. The second-order valence-corrected chi connectivity index (χ2v) is 5.55. The Morgan fingerprint density at radius 2 is 2.00 bits per heavy atom. The minimum absolute atomic E-state index is 0.200. The summed E-state index contributed by atoms with van der Waals surface area (Å²) in [6.07, 6.45) is 1.96. The van der Waals surface area contributed by atoms with Gasteiger partial charge >= 0.3 is 0 Å². The average Bonchev–Trinajstić information content (AvgIpc) is 2.28. The second kappa shape index (κ2) is 5.95. The molecule has 0 amide bonds. The number of nitrogens with one attached hydrogen (secondary N) is 1. The molecule has 0 aromatic heterocycles. The number of benzene rings is 1. The summed E-state index contributed by atoms with van der Waals surface area (Å²) in [5.41, 5.74) is 0.994. The van der Waals surface area contributed by atoms with Crippen LogP contribution in [0.15, 0.2) is 41.8 Å². The van der Waals surface area contributed by atoms with Crippen LogP contribution < -0.4 is 4.72 Å². The molecule has 0 unspecified atom stereocenters. The first-order valence-electron chi connectivity index (χ1n) is 5.30. The number of sulfonamides is 1. The number of rotatable bonds is 6. The van der Waals surface area contributed by atoms with Gasteiger partial charge in [-0.15, -0.1) is 6.58 Å². The maximum absolute atomic E-state index is 11.9. The van der Waals surface area contributed by atoms with Gasteiger partial charge in [-0.25, -0.2) is 13.1 Å². The minimum Gasteiger partial charge on any atom is -0.395 e. The van der Waals surface area contributed by atoms with Crippen molar-refractivity contribution in [2.45, 2.75) is 24.3 Å². The van der Waals surface area contributed by atoms with Crippen molar-refractivity contribution in [2.24, 2.45) is 0 Å². The number of aliphatic hydroxyl groups excluding tert-OH is 1. The molecule has 0 heterocycles. The smallest absolute Gasteiger partial charge is 0.240 e. The van der Waals surface area contributed by atoms with Gasteiger partial charge in [-0.1, -0.05) is 23.8 Å². The normalized spacial score (nSPS) is 13.3. The van der Waals surface area contributed by atoms with Gasteiger partial charge in [-0.2, -0.15) is 0 Å². The summed E-state index contributed by atoms with van der Waals surface area (Å²) >= 11 is 0. The molecule has 94 valence electrons. The topological polar surface area (TPSA) is 66.4 Å². The highest BCUT2D eigenvalue weighted by Crippen LogP contribution is 2.11. The van der Waals surface area contributed by atoms with E-state index >= 15 is 0 Å². The lowest BCUT2D eigenvalue weighted by Crippen LogP contribution is -2.37. The van der Waals surface area contributed by atoms with Crippen LogP contribution in [-0.4, -0.2) is 26.2 Å². The van der Waals surface area contributed by atoms with Crippen molar-refractivity contribution < 1.29 is 13.5 Å². The van der Waals surface area contributed by atoms with E-state index in [0.29, 0.717) is 6.42 Å². The van der Waals surface area contributed by atoms with Crippen LogP contribution in [0, 0.1) is 6.92 Å². The third-order valence-corrected chi connectivity index (χ3v) is 3.86.